The first-order valence-corrected chi connectivity index (χ1v) is 7.23. The first-order valence-electron chi connectivity index (χ1n) is 6.85. The lowest BCUT2D eigenvalue weighted by atomic mass is 10.1. The molecule has 1 N–H and O–H groups in total. The molecule has 0 heterocycles. The van der Waals surface area contributed by atoms with E-state index in [1.165, 1.54) is 17.3 Å². The maximum atomic E-state index is 10.9. The van der Waals surface area contributed by atoms with Crippen LogP contribution in [-0.4, -0.2) is 17.6 Å². The Bertz CT molecular complexity index is 655. The van der Waals surface area contributed by atoms with Gasteiger partial charge in [-0.3, -0.25) is 0 Å². The smallest absolute Gasteiger partial charge is 0.335 e. The first-order chi connectivity index (χ1) is 10.0. The minimum Gasteiger partial charge on any atom is -0.478 e. The van der Waals surface area contributed by atoms with Gasteiger partial charge in [0, 0.05) is 23.8 Å². The number of aromatic carboxylic acids is 1. The zero-order chi connectivity index (χ0) is 15.4. The summed E-state index contributed by atoms with van der Waals surface area (Å²) in [5.41, 5.74) is 3.51. The fourth-order valence-electron chi connectivity index (χ4n) is 2.30. The highest BCUT2D eigenvalue weighted by molar-refractivity contribution is 6.31. The highest BCUT2D eigenvalue weighted by Gasteiger charge is 2.12. The summed E-state index contributed by atoms with van der Waals surface area (Å²) < 4.78 is 0. The maximum absolute atomic E-state index is 10.9. The van der Waals surface area contributed by atoms with Crippen LogP contribution in [-0.2, 0) is 6.54 Å². The van der Waals surface area contributed by atoms with Crippen molar-refractivity contribution in [2.75, 3.05) is 11.4 Å². The Morgan fingerprint density at radius 1 is 1.24 bits per heavy atom. The number of hydrogen-bond donors (Lipinski definition) is 1. The normalized spacial score (nSPS) is 10.4. The predicted octanol–water partition coefficient (Wildman–Crippen LogP) is 4.37. The van der Waals surface area contributed by atoms with Gasteiger partial charge in [0.2, 0.25) is 0 Å². The molecule has 21 heavy (non-hydrogen) atoms. The number of aryl methyl sites for hydroxylation is 1. The first kappa shape index (κ1) is 15.4. The van der Waals surface area contributed by atoms with Gasteiger partial charge in [-0.05, 0) is 43.2 Å². The number of nitrogens with zero attached hydrogens (tertiary/aromatic N) is 1. The molecule has 0 aromatic heterocycles. The second-order valence-electron chi connectivity index (χ2n) is 4.91. The van der Waals surface area contributed by atoms with Crippen LogP contribution in [0.3, 0.4) is 0 Å². The van der Waals surface area contributed by atoms with Crippen LogP contribution in [0.2, 0.25) is 5.02 Å². The molecule has 0 atom stereocenters. The Morgan fingerprint density at radius 2 is 1.95 bits per heavy atom. The van der Waals surface area contributed by atoms with Gasteiger partial charge < -0.3 is 10.0 Å². The van der Waals surface area contributed by atoms with Crippen LogP contribution in [0.5, 0.6) is 0 Å². The molecule has 0 aliphatic rings. The molecule has 0 aliphatic carbocycles. The van der Waals surface area contributed by atoms with E-state index in [1.54, 1.807) is 12.1 Å². The van der Waals surface area contributed by atoms with Crippen molar-refractivity contribution in [3.63, 3.8) is 0 Å². The Kier molecular flexibility index (Phi) is 4.86. The topological polar surface area (TPSA) is 40.5 Å². The minimum atomic E-state index is -0.963. The standard InChI is InChI=1S/C17H18ClNO2/c1-3-19(16-7-5-4-6-12(16)2)11-14-9-8-13(17(20)21)10-15(14)18/h4-10H,3,11H2,1-2H3,(H,20,21). The monoisotopic (exact) mass is 303 g/mol. The number of hydrogen-bond acceptors (Lipinski definition) is 2. The Morgan fingerprint density at radius 3 is 2.52 bits per heavy atom. The minimum absolute atomic E-state index is 0.211. The van der Waals surface area contributed by atoms with Gasteiger partial charge >= 0.3 is 5.97 Å². The van der Waals surface area contributed by atoms with E-state index in [2.05, 4.69) is 30.9 Å². The number of halogens is 1. The number of anilines is 1. The third kappa shape index (κ3) is 3.56. The van der Waals surface area contributed by atoms with Crippen molar-refractivity contribution in [2.45, 2.75) is 20.4 Å². The fourth-order valence-corrected chi connectivity index (χ4v) is 2.54. The number of carboxylic acid groups (broad SMARTS) is 1. The average Bonchev–Trinajstić information content (AvgIpc) is 2.47. The molecule has 2 aromatic rings. The molecule has 0 saturated heterocycles. The van der Waals surface area contributed by atoms with E-state index in [0.29, 0.717) is 11.6 Å². The van der Waals surface area contributed by atoms with Crippen LogP contribution in [0, 0.1) is 6.92 Å². The van der Waals surface area contributed by atoms with Crippen molar-refractivity contribution >= 4 is 23.3 Å². The van der Waals surface area contributed by atoms with Gasteiger partial charge in [-0.15, -0.1) is 0 Å². The molecule has 4 heteroatoms. The molecule has 2 rings (SSSR count). The van der Waals surface area contributed by atoms with Gasteiger partial charge in [-0.1, -0.05) is 35.9 Å². The van der Waals surface area contributed by atoms with Gasteiger partial charge in [0.25, 0.3) is 0 Å². The summed E-state index contributed by atoms with van der Waals surface area (Å²) in [6.07, 6.45) is 0. The number of carboxylic acids is 1. The van der Waals surface area contributed by atoms with Crippen LogP contribution in [0.4, 0.5) is 5.69 Å². The zero-order valence-electron chi connectivity index (χ0n) is 12.1. The third-order valence-electron chi connectivity index (χ3n) is 3.50. The van der Waals surface area contributed by atoms with E-state index >= 15 is 0 Å². The van der Waals surface area contributed by atoms with E-state index in [1.807, 2.05) is 12.1 Å². The Hall–Kier alpha value is -2.00. The Balaban J connectivity index is 2.27. The quantitative estimate of drug-likeness (QED) is 0.891. The van der Waals surface area contributed by atoms with Gasteiger partial charge in [0.1, 0.15) is 0 Å². The van der Waals surface area contributed by atoms with E-state index in [4.69, 9.17) is 16.7 Å². The van der Waals surface area contributed by atoms with E-state index in [0.717, 1.165) is 12.1 Å². The van der Waals surface area contributed by atoms with Crippen LogP contribution in [0.25, 0.3) is 0 Å². The van der Waals surface area contributed by atoms with Crippen LogP contribution >= 0.6 is 11.6 Å². The van der Waals surface area contributed by atoms with Crippen LogP contribution in [0.15, 0.2) is 42.5 Å². The SMILES string of the molecule is CCN(Cc1ccc(C(=O)O)cc1Cl)c1ccccc1C. The predicted molar refractivity (Wildman–Crippen MR) is 86.3 cm³/mol. The molecule has 0 amide bonds. The lowest BCUT2D eigenvalue weighted by Crippen LogP contribution is -2.23. The molecule has 3 nitrogen and oxygen atoms in total. The molecule has 110 valence electrons. The lowest BCUT2D eigenvalue weighted by Gasteiger charge is -2.25. The van der Waals surface area contributed by atoms with Crippen molar-refractivity contribution in [2.24, 2.45) is 0 Å². The van der Waals surface area contributed by atoms with Crippen molar-refractivity contribution in [1.29, 1.82) is 0 Å². The van der Waals surface area contributed by atoms with E-state index in [-0.39, 0.29) is 5.56 Å². The third-order valence-corrected chi connectivity index (χ3v) is 3.85. The van der Waals surface area contributed by atoms with Crippen molar-refractivity contribution in [1.82, 2.24) is 0 Å². The fraction of sp³-hybridized carbons (Fsp3) is 0.235. The molecule has 0 unspecified atom stereocenters. The van der Waals surface area contributed by atoms with Crippen molar-refractivity contribution < 1.29 is 9.90 Å². The molecule has 0 radical (unpaired) electrons. The summed E-state index contributed by atoms with van der Waals surface area (Å²) in [6, 6.07) is 13.1. The van der Waals surface area contributed by atoms with Gasteiger partial charge in [-0.2, -0.15) is 0 Å². The summed E-state index contributed by atoms with van der Waals surface area (Å²) in [5.74, 6) is -0.963. The average molecular weight is 304 g/mol. The summed E-state index contributed by atoms with van der Waals surface area (Å²) in [7, 11) is 0. The maximum Gasteiger partial charge on any atom is 0.335 e. The molecule has 0 fully saturated rings. The number of benzene rings is 2. The van der Waals surface area contributed by atoms with Crippen LogP contribution in [0.1, 0.15) is 28.4 Å². The van der Waals surface area contributed by atoms with Crippen molar-refractivity contribution in [3.05, 3.63) is 64.2 Å². The summed E-state index contributed by atoms with van der Waals surface area (Å²) >= 11 is 6.21. The summed E-state index contributed by atoms with van der Waals surface area (Å²) in [4.78, 5) is 13.2. The van der Waals surface area contributed by atoms with Crippen molar-refractivity contribution in [3.8, 4) is 0 Å². The van der Waals surface area contributed by atoms with Crippen LogP contribution < -0.4 is 4.90 Å². The lowest BCUT2D eigenvalue weighted by molar-refractivity contribution is 0.0697. The van der Waals surface area contributed by atoms with Gasteiger partial charge in [-0.25, -0.2) is 4.79 Å². The van der Waals surface area contributed by atoms with Gasteiger partial charge in [0.05, 0.1) is 5.56 Å². The Labute approximate surface area is 129 Å². The molecule has 0 aliphatic heterocycles. The number of carbonyl (C=O) groups is 1. The second-order valence-corrected chi connectivity index (χ2v) is 5.32. The highest BCUT2D eigenvalue weighted by Crippen LogP contribution is 2.25. The second kappa shape index (κ2) is 6.64. The number of para-hydroxylation sites is 1. The summed E-state index contributed by atoms with van der Waals surface area (Å²) in [5, 5.41) is 9.46. The molecule has 0 spiro atoms. The number of rotatable bonds is 5. The molecule has 0 saturated carbocycles. The highest BCUT2D eigenvalue weighted by atomic mass is 35.5. The molecular weight excluding hydrogens is 286 g/mol. The zero-order valence-corrected chi connectivity index (χ0v) is 12.9. The largest absolute Gasteiger partial charge is 0.478 e. The molecule has 0 bridgehead atoms. The van der Waals surface area contributed by atoms with Gasteiger partial charge in [0.15, 0.2) is 0 Å². The van der Waals surface area contributed by atoms with E-state index < -0.39 is 5.97 Å². The summed E-state index contributed by atoms with van der Waals surface area (Å²) in [6.45, 7) is 5.67. The van der Waals surface area contributed by atoms with E-state index in [9.17, 15) is 4.79 Å². The molecular formula is C17H18ClNO2. The molecule has 2 aromatic carbocycles.